The van der Waals surface area contributed by atoms with E-state index in [1.54, 1.807) is 23.4 Å². The average molecular weight is 397 g/mol. The summed E-state index contributed by atoms with van der Waals surface area (Å²) in [6.07, 6.45) is 4.37. The first-order valence-corrected chi connectivity index (χ1v) is 9.31. The zero-order valence-corrected chi connectivity index (χ0v) is 16.4. The molecule has 0 unspecified atom stereocenters. The van der Waals surface area contributed by atoms with Crippen LogP contribution in [-0.2, 0) is 9.53 Å². The number of carbonyl (C=O) groups excluding carboxylic acids is 2. The molecule has 0 spiro atoms. The molecule has 2 aromatic heterocycles. The quantitative estimate of drug-likeness (QED) is 0.571. The monoisotopic (exact) mass is 397 g/mol. The number of nitriles is 1. The van der Waals surface area contributed by atoms with Crippen LogP contribution in [-0.4, -0.2) is 64.6 Å². The number of hydrogen-bond donors (Lipinski definition) is 2. The zero-order valence-electron chi connectivity index (χ0n) is 16.4. The highest BCUT2D eigenvalue weighted by atomic mass is 16.6. The number of ether oxygens (including phenoxy) is 1. The Bertz CT molecular complexity index is 981. The van der Waals surface area contributed by atoms with Crippen molar-refractivity contribution in [3.8, 4) is 6.07 Å². The van der Waals surface area contributed by atoms with Gasteiger partial charge in [0.25, 0.3) is 5.91 Å². The molecule has 3 rings (SSSR count). The first-order chi connectivity index (χ1) is 13.9. The molecule has 3 heterocycles. The summed E-state index contributed by atoms with van der Waals surface area (Å²) < 4.78 is 5.28. The van der Waals surface area contributed by atoms with Crippen LogP contribution >= 0.6 is 0 Å². The normalized spacial score (nSPS) is 14.9. The molecule has 10 nitrogen and oxygen atoms in total. The fourth-order valence-electron chi connectivity index (χ4n) is 2.92. The number of amides is 2. The maximum absolute atomic E-state index is 12.1. The van der Waals surface area contributed by atoms with E-state index < -0.39 is 5.91 Å². The lowest BCUT2D eigenvalue weighted by atomic mass is 10.2. The number of H-pyrrole nitrogens is 1. The van der Waals surface area contributed by atoms with Gasteiger partial charge in [-0.1, -0.05) is 13.8 Å². The molecule has 0 bridgehead atoms. The van der Waals surface area contributed by atoms with Crippen molar-refractivity contribution in [3.63, 3.8) is 0 Å². The summed E-state index contributed by atoms with van der Waals surface area (Å²) >= 11 is 0. The van der Waals surface area contributed by atoms with E-state index in [9.17, 15) is 9.59 Å². The second kappa shape index (κ2) is 8.60. The molecule has 1 aliphatic heterocycles. The summed E-state index contributed by atoms with van der Waals surface area (Å²) in [6.45, 7) is 6.63. The molecule has 3 N–H and O–H groups in total. The predicted molar refractivity (Wildman–Crippen MR) is 107 cm³/mol. The number of nitrogens with zero attached hydrogens (tertiary/aromatic N) is 5. The van der Waals surface area contributed by atoms with E-state index in [0.29, 0.717) is 61.2 Å². The molecule has 2 amide bonds. The van der Waals surface area contributed by atoms with E-state index in [2.05, 4.69) is 15.0 Å². The third-order valence-electron chi connectivity index (χ3n) is 4.49. The second-order valence-electron chi connectivity index (χ2n) is 7.15. The number of rotatable bonds is 5. The summed E-state index contributed by atoms with van der Waals surface area (Å²) in [4.78, 5) is 39.1. The number of aromatic nitrogens is 3. The van der Waals surface area contributed by atoms with Crippen molar-refractivity contribution in [2.75, 3.05) is 37.7 Å². The molecule has 0 radical (unpaired) electrons. The predicted octanol–water partition coefficient (Wildman–Crippen LogP) is 1.26. The van der Waals surface area contributed by atoms with Gasteiger partial charge >= 0.3 is 6.09 Å². The van der Waals surface area contributed by atoms with E-state index in [4.69, 9.17) is 15.7 Å². The van der Waals surface area contributed by atoms with Gasteiger partial charge in [-0.3, -0.25) is 4.79 Å². The molecule has 10 heteroatoms. The van der Waals surface area contributed by atoms with Crippen LogP contribution < -0.4 is 10.6 Å². The number of fused-ring (bicyclic) bond motifs is 1. The third-order valence-corrected chi connectivity index (χ3v) is 4.49. The number of nitrogens with two attached hydrogens (primary N) is 1. The SMILES string of the molecule is CC(C)COC(=O)N1CCN(c2cnc3[nH]cc(/C=C(\C#N)C(N)=O)c3n2)CC1. The van der Waals surface area contributed by atoms with Crippen molar-refractivity contribution in [2.45, 2.75) is 13.8 Å². The van der Waals surface area contributed by atoms with Crippen molar-refractivity contribution in [3.05, 3.63) is 23.5 Å². The molecule has 1 fully saturated rings. The summed E-state index contributed by atoms with van der Waals surface area (Å²) in [7, 11) is 0. The van der Waals surface area contributed by atoms with Crippen molar-refractivity contribution < 1.29 is 14.3 Å². The van der Waals surface area contributed by atoms with Crippen molar-refractivity contribution in [1.82, 2.24) is 19.9 Å². The van der Waals surface area contributed by atoms with Crippen molar-refractivity contribution >= 4 is 35.1 Å². The van der Waals surface area contributed by atoms with Gasteiger partial charge in [-0.15, -0.1) is 0 Å². The molecule has 0 saturated carbocycles. The maximum Gasteiger partial charge on any atom is 0.409 e. The van der Waals surface area contributed by atoms with Gasteiger partial charge in [0.2, 0.25) is 0 Å². The minimum atomic E-state index is -0.800. The fraction of sp³-hybridized carbons (Fsp3) is 0.421. The van der Waals surface area contributed by atoms with Crippen LogP contribution in [0, 0.1) is 17.2 Å². The number of hydrogen-bond acceptors (Lipinski definition) is 7. The smallest absolute Gasteiger partial charge is 0.409 e. The Balaban J connectivity index is 1.73. The average Bonchev–Trinajstić information content (AvgIpc) is 3.12. The highest BCUT2D eigenvalue weighted by Crippen LogP contribution is 2.21. The van der Waals surface area contributed by atoms with Gasteiger partial charge in [0, 0.05) is 37.9 Å². The van der Waals surface area contributed by atoms with E-state index in [1.807, 2.05) is 18.7 Å². The Morgan fingerprint density at radius 1 is 1.38 bits per heavy atom. The van der Waals surface area contributed by atoms with E-state index in [0.717, 1.165) is 0 Å². The number of piperazine rings is 1. The number of nitrogens with one attached hydrogen (secondary N) is 1. The Hall–Kier alpha value is -3.61. The Kier molecular flexibility index (Phi) is 5.97. The van der Waals surface area contributed by atoms with Gasteiger partial charge in [-0.25, -0.2) is 14.8 Å². The highest BCUT2D eigenvalue weighted by molar-refractivity contribution is 6.02. The van der Waals surface area contributed by atoms with Crippen LogP contribution in [0.4, 0.5) is 10.6 Å². The Labute approximate surface area is 167 Å². The minimum absolute atomic E-state index is 0.161. The van der Waals surface area contributed by atoms with E-state index >= 15 is 0 Å². The number of primary amides is 1. The molecule has 29 heavy (non-hydrogen) atoms. The lowest BCUT2D eigenvalue weighted by Crippen LogP contribution is -2.49. The van der Waals surface area contributed by atoms with Crippen LogP contribution in [0.5, 0.6) is 0 Å². The summed E-state index contributed by atoms with van der Waals surface area (Å²) in [5, 5.41) is 9.05. The molecular formula is C19H23N7O3. The van der Waals surface area contributed by atoms with Crippen LogP contribution in [0.3, 0.4) is 0 Å². The van der Waals surface area contributed by atoms with Gasteiger partial charge in [0.1, 0.15) is 23.0 Å². The third kappa shape index (κ3) is 4.63. The van der Waals surface area contributed by atoms with Gasteiger partial charge in [-0.2, -0.15) is 5.26 Å². The van der Waals surface area contributed by atoms with Crippen LogP contribution in [0.1, 0.15) is 19.4 Å². The summed E-state index contributed by atoms with van der Waals surface area (Å²) in [5.74, 6) is 0.147. The van der Waals surface area contributed by atoms with E-state index in [1.165, 1.54) is 6.08 Å². The van der Waals surface area contributed by atoms with Crippen LogP contribution in [0.25, 0.3) is 17.2 Å². The molecule has 0 aromatic carbocycles. The van der Waals surface area contributed by atoms with Gasteiger partial charge in [-0.05, 0) is 12.0 Å². The first kappa shape index (κ1) is 20.1. The first-order valence-electron chi connectivity index (χ1n) is 9.31. The summed E-state index contributed by atoms with van der Waals surface area (Å²) in [5.41, 5.74) is 6.68. The molecular weight excluding hydrogens is 374 g/mol. The van der Waals surface area contributed by atoms with Gasteiger partial charge in [0.15, 0.2) is 5.65 Å². The zero-order chi connectivity index (χ0) is 21.0. The molecule has 0 atom stereocenters. The maximum atomic E-state index is 12.1. The van der Waals surface area contributed by atoms with Crippen molar-refractivity contribution in [1.29, 1.82) is 5.26 Å². The highest BCUT2D eigenvalue weighted by Gasteiger charge is 2.23. The lowest BCUT2D eigenvalue weighted by Gasteiger charge is -2.34. The van der Waals surface area contributed by atoms with Gasteiger partial charge < -0.3 is 25.3 Å². The van der Waals surface area contributed by atoms with Crippen molar-refractivity contribution in [2.24, 2.45) is 11.7 Å². The minimum Gasteiger partial charge on any atom is -0.449 e. The Morgan fingerprint density at radius 2 is 2.10 bits per heavy atom. The molecule has 2 aromatic rings. The van der Waals surface area contributed by atoms with Crippen LogP contribution in [0.15, 0.2) is 18.0 Å². The van der Waals surface area contributed by atoms with E-state index in [-0.39, 0.29) is 11.7 Å². The standard InChI is InChI=1S/C19H23N7O3/c1-12(2)11-29-19(28)26-5-3-25(4-6-26)15-10-23-18-16(24-15)14(9-22-18)7-13(8-20)17(21)27/h7,9-10,12H,3-6,11H2,1-2H3,(H2,21,27)(H,22,23)/b13-7+. The second-order valence-corrected chi connectivity index (χ2v) is 7.15. The summed E-state index contributed by atoms with van der Waals surface area (Å²) in [6, 6.07) is 1.78. The lowest BCUT2D eigenvalue weighted by molar-refractivity contribution is -0.114. The number of aromatic amines is 1. The number of anilines is 1. The number of carbonyl (C=O) groups is 2. The molecule has 1 saturated heterocycles. The molecule has 152 valence electrons. The topological polar surface area (TPSA) is 141 Å². The largest absolute Gasteiger partial charge is 0.449 e. The molecule has 1 aliphatic rings. The van der Waals surface area contributed by atoms with Crippen LogP contribution in [0.2, 0.25) is 0 Å². The molecule has 0 aliphatic carbocycles. The Morgan fingerprint density at radius 3 is 2.72 bits per heavy atom. The fourth-order valence-corrected chi connectivity index (χ4v) is 2.92. The van der Waals surface area contributed by atoms with Gasteiger partial charge in [0.05, 0.1) is 12.8 Å².